The maximum absolute atomic E-state index is 12.5. The number of aryl methyl sites for hydroxylation is 1. The molecule has 178 valence electrons. The van der Waals surface area contributed by atoms with Crippen molar-refractivity contribution >= 4 is 27.5 Å². The first-order valence-electron chi connectivity index (χ1n) is 10.6. The third-order valence-corrected chi connectivity index (χ3v) is 6.62. The molecule has 0 heterocycles. The Morgan fingerprint density at radius 2 is 1.65 bits per heavy atom. The minimum Gasteiger partial charge on any atom is -0.497 e. The van der Waals surface area contributed by atoms with Crippen LogP contribution in [0.15, 0.2) is 77.7 Å². The molecule has 0 aliphatic heterocycles. The summed E-state index contributed by atoms with van der Waals surface area (Å²) in [6, 6.07) is 19.2. The van der Waals surface area contributed by atoms with Crippen molar-refractivity contribution in [3.63, 3.8) is 0 Å². The zero-order valence-electron chi connectivity index (χ0n) is 19.2. The highest BCUT2D eigenvalue weighted by atomic mass is 32.2. The summed E-state index contributed by atoms with van der Waals surface area (Å²) < 4.78 is 32.5. The summed E-state index contributed by atoms with van der Waals surface area (Å²) in [7, 11) is -2.39. The van der Waals surface area contributed by atoms with E-state index < -0.39 is 22.0 Å². The number of anilines is 1. The van der Waals surface area contributed by atoms with E-state index in [0.29, 0.717) is 17.0 Å². The molecule has 0 unspecified atom stereocenters. The number of methoxy groups -OCH3 is 1. The monoisotopic (exact) mass is 481 g/mol. The molecule has 3 aromatic carbocycles. The van der Waals surface area contributed by atoms with E-state index in [1.54, 1.807) is 36.4 Å². The van der Waals surface area contributed by atoms with Crippen LogP contribution in [0, 0.1) is 6.92 Å². The van der Waals surface area contributed by atoms with Gasteiger partial charge in [0.15, 0.2) is 0 Å². The normalized spacial score (nSPS) is 12.0. The Hall–Kier alpha value is -3.69. The molecule has 9 heteroatoms. The van der Waals surface area contributed by atoms with Gasteiger partial charge in [0, 0.05) is 17.8 Å². The fourth-order valence-electron chi connectivity index (χ4n) is 3.12. The second-order valence-corrected chi connectivity index (χ2v) is 9.47. The van der Waals surface area contributed by atoms with E-state index in [0.717, 1.165) is 11.1 Å². The fraction of sp³-hybridized carbons (Fsp3) is 0.200. The fourth-order valence-corrected chi connectivity index (χ4v) is 4.32. The largest absolute Gasteiger partial charge is 0.497 e. The molecule has 0 aliphatic rings. The van der Waals surface area contributed by atoms with Gasteiger partial charge in [0.2, 0.25) is 15.9 Å². The molecular formula is C25H27N3O5S. The van der Waals surface area contributed by atoms with Crippen LogP contribution >= 0.6 is 0 Å². The first-order valence-corrected chi connectivity index (χ1v) is 12.1. The van der Waals surface area contributed by atoms with Crippen molar-refractivity contribution in [2.75, 3.05) is 12.4 Å². The van der Waals surface area contributed by atoms with Crippen molar-refractivity contribution in [3.8, 4) is 5.75 Å². The number of hydrogen-bond donors (Lipinski definition) is 3. The molecule has 3 rings (SSSR count). The first-order chi connectivity index (χ1) is 16.2. The number of nitrogens with one attached hydrogen (secondary N) is 3. The van der Waals surface area contributed by atoms with Crippen LogP contribution < -0.4 is 20.1 Å². The lowest BCUT2D eigenvalue weighted by molar-refractivity contribution is -0.122. The maximum atomic E-state index is 12.5. The molecule has 0 fully saturated rings. The quantitative estimate of drug-likeness (QED) is 0.434. The van der Waals surface area contributed by atoms with Gasteiger partial charge in [-0.15, -0.1) is 0 Å². The Morgan fingerprint density at radius 3 is 2.29 bits per heavy atom. The summed E-state index contributed by atoms with van der Waals surface area (Å²) >= 11 is 0. The predicted molar refractivity (Wildman–Crippen MR) is 130 cm³/mol. The first kappa shape index (κ1) is 24.9. The van der Waals surface area contributed by atoms with E-state index in [2.05, 4.69) is 15.4 Å². The predicted octanol–water partition coefficient (Wildman–Crippen LogP) is 3.24. The number of rotatable bonds is 9. The van der Waals surface area contributed by atoms with Crippen LogP contribution in [0.2, 0.25) is 0 Å². The van der Waals surface area contributed by atoms with Crippen molar-refractivity contribution in [1.29, 1.82) is 0 Å². The van der Waals surface area contributed by atoms with Crippen molar-refractivity contribution < 1.29 is 22.7 Å². The second-order valence-electron chi connectivity index (χ2n) is 7.76. The summed E-state index contributed by atoms with van der Waals surface area (Å²) in [5.41, 5.74) is 2.95. The Morgan fingerprint density at radius 1 is 0.971 bits per heavy atom. The van der Waals surface area contributed by atoms with Gasteiger partial charge in [0.1, 0.15) is 5.75 Å². The van der Waals surface area contributed by atoms with E-state index in [1.165, 1.54) is 38.3 Å². The van der Waals surface area contributed by atoms with Crippen molar-refractivity contribution in [2.24, 2.45) is 0 Å². The molecule has 34 heavy (non-hydrogen) atoms. The number of benzene rings is 3. The number of carbonyl (C=O) groups is 2. The average Bonchev–Trinajstić information content (AvgIpc) is 2.83. The molecule has 0 saturated carbocycles. The number of hydrogen-bond acceptors (Lipinski definition) is 5. The lowest BCUT2D eigenvalue weighted by Gasteiger charge is -2.15. The summed E-state index contributed by atoms with van der Waals surface area (Å²) in [6.45, 7) is 3.58. The number of ether oxygens (including phenoxy) is 1. The molecular weight excluding hydrogens is 454 g/mol. The lowest BCUT2D eigenvalue weighted by Crippen LogP contribution is -2.44. The standard InChI is InChI=1S/C25H27N3O5S/c1-17-7-9-20(10-8-17)25(30)27-21-6-4-5-19(15-21)16-26-24(29)18(2)28-34(31,32)23-13-11-22(33-3)12-14-23/h4-15,18,28H,16H2,1-3H3,(H,26,29)(H,27,30)/t18-/m0/s1. The lowest BCUT2D eigenvalue weighted by atomic mass is 10.1. The summed E-state index contributed by atoms with van der Waals surface area (Å²) in [5, 5.41) is 5.54. The Balaban J connectivity index is 1.56. The van der Waals surface area contributed by atoms with E-state index in [4.69, 9.17) is 4.74 Å². The SMILES string of the molecule is COc1ccc(S(=O)(=O)N[C@@H](C)C(=O)NCc2cccc(NC(=O)c3ccc(C)cc3)c2)cc1. The number of amides is 2. The molecule has 0 aliphatic carbocycles. The molecule has 3 aromatic rings. The van der Waals surface area contributed by atoms with Gasteiger partial charge in [-0.25, -0.2) is 8.42 Å². The molecule has 0 radical (unpaired) electrons. The molecule has 0 spiro atoms. The molecule has 3 N–H and O–H groups in total. The van der Waals surface area contributed by atoms with E-state index in [1.807, 2.05) is 19.1 Å². The van der Waals surface area contributed by atoms with E-state index in [9.17, 15) is 18.0 Å². The Kier molecular flexibility index (Phi) is 8.04. The summed E-state index contributed by atoms with van der Waals surface area (Å²) in [5.74, 6) is -0.184. The van der Waals surface area contributed by atoms with Crippen LogP contribution in [0.1, 0.15) is 28.4 Å². The second kappa shape index (κ2) is 11.0. The highest BCUT2D eigenvalue weighted by molar-refractivity contribution is 7.89. The van der Waals surface area contributed by atoms with Crippen molar-refractivity contribution in [3.05, 3.63) is 89.5 Å². The zero-order chi connectivity index (χ0) is 24.7. The van der Waals surface area contributed by atoms with Crippen LogP contribution in [0.3, 0.4) is 0 Å². The van der Waals surface area contributed by atoms with Gasteiger partial charge in [-0.05, 0) is 67.9 Å². The Bertz CT molecular complexity index is 1260. The van der Waals surface area contributed by atoms with Crippen LogP contribution in [0.4, 0.5) is 5.69 Å². The molecule has 0 bridgehead atoms. The third-order valence-electron chi connectivity index (χ3n) is 5.06. The van der Waals surface area contributed by atoms with Crippen molar-refractivity contribution in [1.82, 2.24) is 10.0 Å². The summed E-state index contributed by atoms with van der Waals surface area (Å²) in [4.78, 5) is 24.9. The third kappa shape index (κ3) is 6.66. The molecule has 0 aromatic heterocycles. The molecule has 2 amide bonds. The van der Waals surface area contributed by atoms with Gasteiger partial charge in [0.05, 0.1) is 18.0 Å². The molecule has 1 atom stereocenters. The number of sulfonamides is 1. The van der Waals surface area contributed by atoms with Gasteiger partial charge in [0.25, 0.3) is 5.91 Å². The highest BCUT2D eigenvalue weighted by Crippen LogP contribution is 2.16. The summed E-state index contributed by atoms with van der Waals surface area (Å²) in [6.07, 6.45) is 0. The van der Waals surface area contributed by atoms with Gasteiger partial charge in [-0.3, -0.25) is 9.59 Å². The van der Waals surface area contributed by atoms with E-state index >= 15 is 0 Å². The average molecular weight is 482 g/mol. The van der Waals surface area contributed by atoms with Crippen LogP contribution in [-0.2, 0) is 21.4 Å². The minimum atomic E-state index is -3.88. The van der Waals surface area contributed by atoms with Gasteiger partial charge >= 0.3 is 0 Å². The number of carbonyl (C=O) groups excluding carboxylic acids is 2. The Labute approximate surface area is 199 Å². The van der Waals surface area contributed by atoms with Crippen LogP contribution in [-0.4, -0.2) is 33.4 Å². The minimum absolute atomic E-state index is 0.0324. The van der Waals surface area contributed by atoms with Crippen LogP contribution in [0.5, 0.6) is 5.75 Å². The van der Waals surface area contributed by atoms with Crippen LogP contribution in [0.25, 0.3) is 0 Å². The zero-order valence-corrected chi connectivity index (χ0v) is 20.0. The van der Waals surface area contributed by atoms with Gasteiger partial charge < -0.3 is 15.4 Å². The smallest absolute Gasteiger partial charge is 0.255 e. The topological polar surface area (TPSA) is 114 Å². The highest BCUT2D eigenvalue weighted by Gasteiger charge is 2.22. The van der Waals surface area contributed by atoms with Gasteiger partial charge in [-0.2, -0.15) is 4.72 Å². The van der Waals surface area contributed by atoms with Gasteiger partial charge in [-0.1, -0.05) is 29.8 Å². The van der Waals surface area contributed by atoms with E-state index in [-0.39, 0.29) is 17.3 Å². The maximum Gasteiger partial charge on any atom is 0.255 e. The molecule has 8 nitrogen and oxygen atoms in total. The van der Waals surface area contributed by atoms with Crippen molar-refractivity contribution in [2.45, 2.75) is 31.3 Å². The molecule has 0 saturated heterocycles.